The largest absolute Gasteiger partial charge is 0.313 e. The Morgan fingerprint density at radius 2 is 1.89 bits per heavy atom. The normalized spacial score (nSPS) is 30.5. The molecule has 1 saturated heterocycles. The lowest BCUT2D eigenvalue weighted by molar-refractivity contribution is 0.173. The number of hydrogen-bond donors (Lipinski definition) is 1. The zero-order valence-electron chi connectivity index (χ0n) is 12.7. The zero-order valence-corrected chi connectivity index (χ0v) is 12.7. The van der Waals surface area contributed by atoms with Crippen LogP contribution in [0.3, 0.4) is 0 Å². The van der Waals surface area contributed by atoms with E-state index in [0.717, 1.165) is 12.0 Å². The second kappa shape index (κ2) is 6.38. The maximum absolute atomic E-state index is 3.79. The molecule has 2 nitrogen and oxygen atoms in total. The molecule has 2 fully saturated rings. The van der Waals surface area contributed by atoms with Gasteiger partial charge in [-0.15, -0.1) is 0 Å². The summed E-state index contributed by atoms with van der Waals surface area (Å²) in [6.07, 6.45) is 8.37. The monoisotopic (exact) mass is 252 g/mol. The molecule has 0 amide bonds. The Morgan fingerprint density at radius 1 is 1.17 bits per heavy atom. The minimum atomic E-state index is 0.566. The molecule has 1 aliphatic heterocycles. The van der Waals surface area contributed by atoms with Crippen molar-refractivity contribution in [2.75, 3.05) is 26.2 Å². The van der Waals surface area contributed by atoms with Gasteiger partial charge in [-0.05, 0) is 56.5 Å². The van der Waals surface area contributed by atoms with E-state index in [0.29, 0.717) is 5.41 Å². The van der Waals surface area contributed by atoms with Gasteiger partial charge in [-0.3, -0.25) is 0 Å². The fourth-order valence-corrected chi connectivity index (χ4v) is 3.58. The summed E-state index contributed by atoms with van der Waals surface area (Å²) in [4.78, 5) is 2.64. The van der Waals surface area contributed by atoms with Crippen LogP contribution in [0.1, 0.15) is 59.3 Å². The molecule has 0 aromatic rings. The average molecular weight is 252 g/mol. The molecule has 1 atom stereocenters. The molecular weight excluding hydrogens is 220 g/mol. The SMILES string of the molecule is CC1CCN(CCNC2CCCC(C)(C)C2)CC1. The summed E-state index contributed by atoms with van der Waals surface area (Å²) < 4.78 is 0. The fourth-order valence-electron chi connectivity index (χ4n) is 3.58. The van der Waals surface area contributed by atoms with Crippen LogP contribution in [0, 0.1) is 11.3 Å². The van der Waals surface area contributed by atoms with Crippen molar-refractivity contribution in [3.05, 3.63) is 0 Å². The molecule has 18 heavy (non-hydrogen) atoms. The van der Waals surface area contributed by atoms with Crippen LogP contribution in [-0.4, -0.2) is 37.1 Å². The first-order chi connectivity index (χ1) is 8.55. The molecule has 0 aromatic carbocycles. The summed E-state index contributed by atoms with van der Waals surface area (Å²) in [6.45, 7) is 12.3. The van der Waals surface area contributed by atoms with E-state index in [9.17, 15) is 0 Å². The second-order valence-electron chi connectivity index (χ2n) is 7.44. The maximum atomic E-state index is 3.79. The molecule has 2 aliphatic rings. The van der Waals surface area contributed by atoms with Crippen LogP contribution in [0.15, 0.2) is 0 Å². The lowest BCUT2D eigenvalue weighted by atomic mass is 9.75. The van der Waals surface area contributed by atoms with Gasteiger partial charge in [-0.25, -0.2) is 0 Å². The van der Waals surface area contributed by atoms with E-state index >= 15 is 0 Å². The van der Waals surface area contributed by atoms with Gasteiger partial charge in [0.05, 0.1) is 0 Å². The lowest BCUT2D eigenvalue weighted by Crippen LogP contribution is -2.43. The van der Waals surface area contributed by atoms with Crippen molar-refractivity contribution in [1.82, 2.24) is 10.2 Å². The van der Waals surface area contributed by atoms with Gasteiger partial charge in [0.2, 0.25) is 0 Å². The van der Waals surface area contributed by atoms with Gasteiger partial charge >= 0.3 is 0 Å². The van der Waals surface area contributed by atoms with Gasteiger partial charge in [-0.2, -0.15) is 0 Å². The third-order valence-corrected chi connectivity index (χ3v) is 4.94. The van der Waals surface area contributed by atoms with Crippen LogP contribution in [0.5, 0.6) is 0 Å². The average Bonchev–Trinajstić information content (AvgIpc) is 2.30. The van der Waals surface area contributed by atoms with Crippen molar-refractivity contribution in [1.29, 1.82) is 0 Å². The van der Waals surface area contributed by atoms with Crippen molar-refractivity contribution in [2.24, 2.45) is 11.3 Å². The summed E-state index contributed by atoms with van der Waals surface area (Å²) in [6, 6.07) is 0.775. The van der Waals surface area contributed by atoms with Crippen LogP contribution < -0.4 is 5.32 Å². The smallest absolute Gasteiger partial charge is 0.0107 e. The predicted molar refractivity (Wildman–Crippen MR) is 78.9 cm³/mol. The number of piperidine rings is 1. The molecule has 0 spiro atoms. The molecule has 1 saturated carbocycles. The van der Waals surface area contributed by atoms with Gasteiger partial charge in [0.25, 0.3) is 0 Å². The lowest BCUT2D eigenvalue weighted by Gasteiger charge is -2.36. The van der Waals surface area contributed by atoms with E-state index in [2.05, 4.69) is 31.0 Å². The molecule has 0 radical (unpaired) electrons. The summed E-state index contributed by atoms with van der Waals surface area (Å²) in [7, 11) is 0. The van der Waals surface area contributed by atoms with Crippen LogP contribution >= 0.6 is 0 Å². The van der Waals surface area contributed by atoms with Crippen molar-refractivity contribution < 1.29 is 0 Å². The quantitative estimate of drug-likeness (QED) is 0.826. The van der Waals surface area contributed by atoms with Gasteiger partial charge in [0.1, 0.15) is 0 Å². The number of hydrogen-bond acceptors (Lipinski definition) is 2. The number of likely N-dealkylation sites (tertiary alicyclic amines) is 1. The molecule has 0 aromatic heterocycles. The Balaban J connectivity index is 1.60. The summed E-state index contributed by atoms with van der Waals surface area (Å²) in [5, 5.41) is 3.79. The molecule has 0 bridgehead atoms. The van der Waals surface area contributed by atoms with E-state index in [4.69, 9.17) is 0 Å². The molecule has 2 heteroatoms. The zero-order chi connectivity index (χ0) is 13.0. The van der Waals surface area contributed by atoms with Gasteiger partial charge in [0.15, 0.2) is 0 Å². The molecular formula is C16H32N2. The fraction of sp³-hybridized carbons (Fsp3) is 1.00. The third kappa shape index (κ3) is 4.55. The van der Waals surface area contributed by atoms with Crippen LogP contribution in [0.4, 0.5) is 0 Å². The highest BCUT2D eigenvalue weighted by Gasteiger charge is 2.27. The number of rotatable bonds is 4. The molecule has 106 valence electrons. The number of nitrogens with one attached hydrogen (secondary N) is 1. The highest BCUT2D eigenvalue weighted by atomic mass is 15.1. The van der Waals surface area contributed by atoms with Crippen molar-refractivity contribution in [3.8, 4) is 0 Å². The van der Waals surface area contributed by atoms with Crippen molar-refractivity contribution in [2.45, 2.75) is 65.3 Å². The first kappa shape index (κ1) is 14.3. The molecule has 1 N–H and O–H groups in total. The van der Waals surface area contributed by atoms with E-state index in [-0.39, 0.29) is 0 Å². The Morgan fingerprint density at radius 3 is 2.56 bits per heavy atom. The molecule has 1 unspecified atom stereocenters. The highest BCUT2D eigenvalue weighted by molar-refractivity contribution is 4.83. The van der Waals surface area contributed by atoms with Crippen LogP contribution in [-0.2, 0) is 0 Å². The standard InChI is InChI=1S/C16H32N2/c1-14-6-10-18(11-7-14)12-9-17-15-5-4-8-16(2,3)13-15/h14-15,17H,4-13H2,1-3H3. The van der Waals surface area contributed by atoms with E-state index in [1.165, 1.54) is 64.7 Å². The molecule has 2 rings (SSSR count). The summed E-state index contributed by atoms with van der Waals surface area (Å²) in [5.41, 5.74) is 0.566. The second-order valence-corrected chi connectivity index (χ2v) is 7.44. The van der Waals surface area contributed by atoms with Gasteiger partial charge in [0, 0.05) is 19.1 Å². The minimum absolute atomic E-state index is 0.566. The molecule has 1 aliphatic carbocycles. The Hall–Kier alpha value is -0.0800. The Bertz CT molecular complexity index is 241. The summed E-state index contributed by atoms with van der Waals surface area (Å²) >= 11 is 0. The van der Waals surface area contributed by atoms with E-state index < -0.39 is 0 Å². The Labute approximate surface area is 114 Å². The van der Waals surface area contributed by atoms with Gasteiger partial charge < -0.3 is 10.2 Å². The highest BCUT2D eigenvalue weighted by Crippen LogP contribution is 2.34. The van der Waals surface area contributed by atoms with Crippen LogP contribution in [0.25, 0.3) is 0 Å². The first-order valence-corrected chi connectivity index (χ1v) is 8.01. The first-order valence-electron chi connectivity index (χ1n) is 8.01. The topological polar surface area (TPSA) is 15.3 Å². The van der Waals surface area contributed by atoms with Gasteiger partial charge in [-0.1, -0.05) is 27.2 Å². The predicted octanol–water partition coefficient (Wildman–Crippen LogP) is 3.28. The van der Waals surface area contributed by atoms with Crippen LogP contribution in [0.2, 0.25) is 0 Å². The summed E-state index contributed by atoms with van der Waals surface area (Å²) in [5.74, 6) is 0.952. The molecule has 1 heterocycles. The van der Waals surface area contributed by atoms with E-state index in [1.54, 1.807) is 0 Å². The van der Waals surface area contributed by atoms with Crippen molar-refractivity contribution in [3.63, 3.8) is 0 Å². The maximum Gasteiger partial charge on any atom is 0.0107 e. The third-order valence-electron chi connectivity index (χ3n) is 4.94. The number of nitrogens with zero attached hydrogens (tertiary/aromatic N) is 1. The van der Waals surface area contributed by atoms with Crippen molar-refractivity contribution >= 4 is 0 Å². The minimum Gasteiger partial charge on any atom is -0.313 e. The van der Waals surface area contributed by atoms with E-state index in [1.807, 2.05) is 0 Å². The Kier molecular flexibility index (Phi) is 5.08.